The van der Waals surface area contributed by atoms with Crippen molar-refractivity contribution in [1.82, 2.24) is 5.32 Å². The van der Waals surface area contributed by atoms with E-state index < -0.39 is 12.0 Å². The van der Waals surface area contributed by atoms with Gasteiger partial charge in [-0.15, -0.1) is 0 Å². The number of ketones is 1. The van der Waals surface area contributed by atoms with Crippen molar-refractivity contribution in [2.45, 2.75) is 12.5 Å². The number of carbonyl (C=O) groups excluding carboxylic acids is 1. The van der Waals surface area contributed by atoms with Crippen molar-refractivity contribution in [1.29, 1.82) is 0 Å². The van der Waals surface area contributed by atoms with E-state index in [0.29, 0.717) is 11.3 Å². The lowest BCUT2D eigenvalue weighted by molar-refractivity contribution is -0.137. The third-order valence-electron chi connectivity index (χ3n) is 2.57. The average Bonchev–Trinajstić information content (AvgIpc) is 2.42. The highest BCUT2D eigenvalue weighted by atomic mass is 16.5. The summed E-state index contributed by atoms with van der Waals surface area (Å²) in [5, 5.41) is 20.2. The van der Waals surface area contributed by atoms with Gasteiger partial charge in [-0.05, 0) is 24.3 Å². The number of aliphatic hydroxyl groups excluding tert-OH is 1. The number of methoxy groups -OCH3 is 1. The van der Waals surface area contributed by atoms with E-state index in [1.807, 2.05) is 0 Å². The van der Waals surface area contributed by atoms with E-state index in [4.69, 9.17) is 14.9 Å². The van der Waals surface area contributed by atoms with E-state index in [1.165, 1.54) is 7.11 Å². The highest BCUT2D eigenvalue weighted by Crippen LogP contribution is 2.13. The van der Waals surface area contributed by atoms with Crippen molar-refractivity contribution < 1.29 is 24.5 Å². The van der Waals surface area contributed by atoms with Crippen molar-refractivity contribution in [3.05, 3.63) is 29.8 Å². The van der Waals surface area contributed by atoms with Crippen LogP contribution in [0.25, 0.3) is 0 Å². The maximum Gasteiger partial charge on any atom is 0.305 e. The molecule has 0 amide bonds. The monoisotopic (exact) mass is 267 g/mol. The molecule has 1 atom stereocenters. The fraction of sp³-hybridized carbons (Fsp3) is 0.385. The summed E-state index contributed by atoms with van der Waals surface area (Å²) in [6.45, 7) is 0.00581. The van der Waals surface area contributed by atoms with Gasteiger partial charge >= 0.3 is 5.97 Å². The Bertz CT molecular complexity index is 429. The highest BCUT2D eigenvalue weighted by Gasteiger charge is 2.22. The Morgan fingerprint density at radius 1 is 1.32 bits per heavy atom. The predicted molar refractivity (Wildman–Crippen MR) is 68.5 cm³/mol. The van der Waals surface area contributed by atoms with Crippen LogP contribution in [0.5, 0.6) is 5.75 Å². The second kappa shape index (κ2) is 7.50. The van der Waals surface area contributed by atoms with Crippen molar-refractivity contribution >= 4 is 11.8 Å². The van der Waals surface area contributed by atoms with E-state index in [2.05, 4.69) is 5.32 Å². The molecule has 0 aromatic heterocycles. The van der Waals surface area contributed by atoms with Gasteiger partial charge in [0.1, 0.15) is 5.75 Å². The zero-order chi connectivity index (χ0) is 14.3. The van der Waals surface area contributed by atoms with Crippen LogP contribution in [0, 0.1) is 0 Å². The molecule has 1 rings (SSSR count). The zero-order valence-electron chi connectivity index (χ0n) is 10.6. The number of carboxylic acid groups (broad SMARTS) is 1. The van der Waals surface area contributed by atoms with Crippen LogP contribution in [0.3, 0.4) is 0 Å². The maximum atomic E-state index is 12.1. The number of ether oxygens (including phenoxy) is 1. The smallest absolute Gasteiger partial charge is 0.305 e. The Kier molecular flexibility index (Phi) is 5.98. The van der Waals surface area contributed by atoms with Crippen LogP contribution in [0.2, 0.25) is 0 Å². The van der Waals surface area contributed by atoms with Gasteiger partial charge in [0.15, 0.2) is 5.78 Å². The molecule has 6 heteroatoms. The molecule has 104 valence electrons. The molecule has 0 aliphatic rings. The van der Waals surface area contributed by atoms with Gasteiger partial charge in [-0.3, -0.25) is 9.59 Å². The topological polar surface area (TPSA) is 95.9 Å². The van der Waals surface area contributed by atoms with E-state index in [9.17, 15) is 9.59 Å². The molecule has 1 aromatic rings. The minimum atomic E-state index is -1.07. The summed E-state index contributed by atoms with van der Waals surface area (Å²) in [6, 6.07) is 5.58. The van der Waals surface area contributed by atoms with Crippen molar-refractivity contribution in [3.8, 4) is 5.75 Å². The number of benzene rings is 1. The Labute approximate surface area is 111 Å². The number of hydrogen-bond acceptors (Lipinski definition) is 5. The van der Waals surface area contributed by atoms with Gasteiger partial charge in [-0.2, -0.15) is 0 Å². The summed E-state index contributed by atoms with van der Waals surface area (Å²) in [4.78, 5) is 22.9. The van der Waals surface area contributed by atoms with Gasteiger partial charge in [0.25, 0.3) is 0 Å². The first-order chi connectivity index (χ1) is 9.08. The van der Waals surface area contributed by atoms with Crippen molar-refractivity contribution in [3.63, 3.8) is 0 Å². The summed E-state index contributed by atoms with van der Waals surface area (Å²) < 4.78 is 4.98. The summed E-state index contributed by atoms with van der Waals surface area (Å²) in [5.74, 6) is -0.773. The van der Waals surface area contributed by atoms with Gasteiger partial charge in [-0.25, -0.2) is 0 Å². The Morgan fingerprint density at radius 2 is 1.95 bits per heavy atom. The molecule has 6 nitrogen and oxygen atoms in total. The van der Waals surface area contributed by atoms with Gasteiger partial charge in [0.2, 0.25) is 0 Å². The average molecular weight is 267 g/mol. The number of hydrogen-bond donors (Lipinski definition) is 3. The number of aliphatic hydroxyl groups is 1. The summed E-state index contributed by atoms with van der Waals surface area (Å²) in [6.07, 6.45) is -0.329. The fourth-order valence-electron chi connectivity index (χ4n) is 1.63. The number of nitrogens with one attached hydrogen (secondary N) is 1. The van der Waals surface area contributed by atoms with E-state index in [-0.39, 0.29) is 25.4 Å². The largest absolute Gasteiger partial charge is 0.497 e. The van der Waals surface area contributed by atoms with Crippen LogP contribution in [0.4, 0.5) is 0 Å². The minimum absolute atomic E-state index is 0.161. The third-order valence-corrected chi connectivity index (χ3v) is 2.57. The lowest BCUT2D eigenvalue weighted by atomic mass is 10.0. The van der Waals surface area contributed by atoms with Crippen molar-refractivity contribution in [2.75, 3.05) is 20.3 Å². The number of carbonyl (C=O) groups is 2. The number of aliphatic carboxylic acids is 1. The van der Waals surface area contributed by atoms with Gasteiger partial charge < -0.3 is 20.3 Å². The van der Waals surface area contributed by atoms with Gasteiger partial charge in [-0.1, -0.05) is 0 Å². The molecule has 0 spiro atoms. The molecule has 0 saturated carbocycles. The molecule has 1 aromatic carbocycles. The normalized spacial score (nSPS) is 11.9. The van der Waals surface area contributed by atoms with Gasteiger partial charge in [0.05, 0.1) is 26.2 Å². The standard InChI is InChI=1S/C13H17NO5/c1-19-10-4-2-9(3-5-10)13(18)11(8-12(16)17)14-6-7-15/h2-5,11,14-15H,6-8H2,1H3,(H,16,17). The molecule has 1 unspecified atom stereocenters. The Hall–Kier alpha value is -1.92. The highest BCUT2D eigenvalue weighted by molar-refractivity contribution is 6.01. The molecular formula is C13H17NO5. The van der Waals surface area contributed by atoms with Crippen LogP contribution < -0.4 is 10.1 Å². The number of carboxylic acids is 1. The number of rotatable bonds is 8. The first kappa shape index (κ1) is 15.1. The first-order valence-corrected chi connectivity index (χ1v) is 5.82. The first-order valence-electron chi connectivity index (χ1n) is 5.82. The molecule has 0 aliphatic heterocycles. The summed E-state index contributed by atoms with van der Waals surface area (Å²) in [5.41, 5.74) is 0.400. The number of Topliss-reactive ketones (excluding diaryl/α,β-unsaturated/α-hetero) is 1. The van der Waals surface area contributed by atoms with Crippen LogP contribution >= 0.6 is 0 Å². The molecule has 0 fully saturated rings. The van der Waals surface area contributed by atoms with Crippen LogP contribution in [0.15, 0.2) is 24.3 Å². The molecule has 0 bridgehead atoms. The molecule has 0 saturated heterocycles. The van der Waals surface area contributed by atoms with Crippen LogP contribution in [-0.2, 0) is 4.79 Å². The summed E-state index contributed by atoms with van der Waals surface area (Å²) in [7, 11) is 1.52. The predicted octanol–water partition coefficient (Wildman–Crippen LogP) is 0.303. The van der Waals surface area contributed by atoms with E-state index >= 15 is 0 Å². The minimum Gasteiger partial charge on any atom is -0.497 e. The second-order valence-corrected chi connectivity index (χ2v) is 3.92. The van der Waals surface area contributed by atoms with Crippen LogP contribution in [0.1, 0.15) is 16.8 Å². The quantitative estimate of drug-likeness (QED) is 0.586. The zero-order valence-corrected chi connectivity index (χ0v) is 10.6. The SMILES string of the molecule is COc1ccc(C(=O)C(CC(=O)O)NCCO)cc1. The molecule has 19 heavy (non-hydrogen) atoms. The van der Waals surface area contributed by atoms with E-state index in [0.717, 1.165) is 0 Å². The lowest BCUT2D eigenvalue weighted by Crippen LogP contribution is -2.40. The molecule has 0 aliphatic carbocycles. The Balaban J connectivity index is 2.81. The van der Waals surface area contributed by atoms with Crippen LogP contribution in [-0.4, -0.2) is 48.3 Å². The third kappa shape index (κ3) is 4.69. The maximum absolute atomic E-state index is 12.1. The van der Waals surface area contributed by atoms with E-state index in [1.54, 1.807) is 24.3 Å². The molecule has 0 heterocycles. The molecule has 3 N–H and O–H groups in total. The van der Waals surface area contributed by atoms with Gasteiger partial charge in [0, 0.05) is 12.1 Å². The van der Waals surface area contributed by atoms with Crippen molar-refractivity contribution in [2.24, 2.45) is 0 Å². The lowest BCUT2D eigenvalue weighted by Gasteiger charge is -2.15. The summed E-state index contributed by atoms with van der Waals surface area (Å²) >= 11 is 0. The Morgan fingerprint density at radius 3 is 2.42 bits per heavy atom. The second-order valence-electron chi connectivity index (χ2n) is 3.92. The molecule has 0 radical (unpaired) electrons. The molecular weight excluding hydrogens is 250 g/mol. The fourth-order valence-corrected chi connectivity index (χ4v) is 1.63.